The number of hydrogen-bond donors (Lipinski definition) is 3. The number of hydrogen-bond acceptors (Lipinski definition) is 4. The fourth-order valence-corrected chi connectivity index (χ4v) is 2.65. The van der Waals surface area contributed by atoms with Crippen molar-refractivity contribution in [3.8, 4) is 0 Å². The Kier molecular flexibility index (Phi) is 6.45. The molecule has 0 aliphatic rings. The van der Waals surface area contributed by atoms with Gasteiger partial charge in [-0.1, -0.05) is 25.4 Å². The summed E-state index contributed by atoms with van der Waals surface area (Å²) in [5.74, 6) is -0.199. The van der Waals surface area contributed by atoms with E-state index in [1.807, 2.05) is 13.8 Å². The highest BCUT2D eigenvalue weighted by atomic mass is 35.5. The van der Waals surface area contributed by atoms with Crippen molar-refractivity contribution in [2.24, 2.45) is 5.73 Å². The van der Waals surface area contributed by atoms with Gasteiger partial charge >= 0.3 is 0 Å². The summed E-state index contributed by atoms with van der Waals surface area (Å²) < 4.78 is 5.15. The lowest BCUT2D eigenvalue weighted by molar-refractivity contribution is 0.0943. The second-order valence-corrected chi connectivity index (χ2v) is 6.72. The van der Waals surface area contributed by atoms with E-state index in [4.69, 9.17) is 21.8 Å². The maximum absolute atomic E-state index is 12.6. The third-order valence-electron chi connectivity index (χ3n) is 4.59. The molecular weight excluding hydrogens is 354 g/mol. The van der Waals surface area contributed by atoms with Gasteiger partial charge in [0.15, 0.2) is 0 Å². The Morgan fingerprint density at radius 2 is 1.85 bits per heavy atom. The van der Waals surface area contributed by atoms with Gasteiger partial charge in [-0.3, -0.25) is 9.59 Å². The number of nitrogens with two attached hydrogens (primary N) is 1. The predicted octanol–water partition coefficient (Wildman–Crippen LogP) is 3.74. The molecule has 0 saturated carbocycles. The van der Waals surface area contributed by atoms with Crippen molar-refractivity contribution in [1.29, 1.82) is 0 Å². The average molecular weight is 378 g/mol. The molecule has 0 bridgehead atoms. The van der Waals surface area contributed by atoms with Crippen LogP contribution < -0.4 is 16.4 Å². The topological polar surface area (TPSA) is 97.4 Å². The number of benzene rings is 1. The predicted molar refractivity (Wildman–Crippen MR) is 103 cm³/mol. The van der Waals surface area contributed by atoms with Crippen molar-refractivity contribution < 1.29 is 14.0 Å². The van der Waals surface area contributed by atoms with E-state index in [1.54, 1.807) is 31.2 Å². The van der Waals surface area contributed by atoms with Crippen LogP contribution in [0.15, 0.2) is 34.9 Å². The van der Waals surface area contributed by atoms with E-state index < -0.39 is 5.54 Å². The minimum Gasteiger partial charge on any atom is -0.469 e. The van der Waals surface area contributed by atoms with Crippen LogP contribution in [0.5, 0.6) is 0 Å². The van der Waals surface area contributed by atoms with Gasteiger partial charge in [0.05, 0.1) is 23.1 Å². The molecule has 1 heterocycles. The molecule has 0 radical (unpaired) electrons. The van der Waals surface area contributed by atoms with Crippen LogP contribution in [0.1, 0.15) is 53.2 Å². The summed E-state index contributed by atoms with van der Waals surface area (Å²) in [5.41, 5.74) is 6.82. The quantitative estimate of drug-likeness (QED) is 0.684. The van der Waals surface area contributed by atoms with Gasteiger partial charge in [-0.2, -0.15) is 0 Å². The average Bonchev–Trinajstić information content (AvgIpc) is 3.05. The largest absolute Gasteiger partial charge is 0.469 e. The molecular formula is C19H24ClN3O3. The van der Waals surface area contributed by atoms with Crippen LogP contribution in [-0.4, -0.2) is 23.9 Å². The number of aryl methyl sites for hydroxylation is 1. The number of halogens is 1. The highest BCUT2D eigenvalue weighted by Gasteiger charge is 2.23. The van der Waals surface area contributed by atoms with Gasteiger partial charge < -0.3 is 20.8 Å². The molecule has 7 heteroatoms. The second-order valence-electron chi connectivity index (χ2n) is 6.29. The second kappa shape index (κ2) is 8.38. The lowest BCUT2D eigenvalue weighted by Crippen LogP contribution is -2.49. The van der Waals surface area contributed by atoms with E-state index in [-0.39, 0.29) is 11.8 Å². The fourth-order valence-electron chi connectivity index (χ4n) is 2.48. The van der Waals surface area contributed by atoms with E-state index in [0.717, 1.165) is 12.8 Å². The first-order valence-electron chi connectivity index (χ1n) is 8.51. The molecule has 0 fully saturated rings. The molecule has 1 aromatic carbocycles. The van der Waals surface area contributed by atoms with Gasteiger partial charge in [-0.25, -0.2) is 0 Å². The van der Waals surface area contributed by atoms with Crippen molar-refractivity contribution in [2.45, 2.75) is 39.2 Å². The lowest BCUT2D eigenvalue weighted by Gasteiger charge is -2.27. The first kappa shape index (κ1) is 20.0. The number of carbonyl (C=O) groups is 2. The Morgan fingerprint density at radius 1 is 1.15 bits per heavy atom. The van der Waals surface area contributed by atoms with Crippen LogP contribution in [0, 0.1) is 6.92 Å². The zero-order valence-corrected chi connectivity index (χ0v) is 15.9. The summed E-state index contributed by atoms with van der Waals surface area (Å²) >= 11 is 6.03. The van der Waals surface area contributed by atoms with E-state index in [2.05, 4.69) is 10.6 Å². The van der Waals surface area contributed by atoms with Gasteiger partial charge in [0, 0.05) is 17.1 Å². The van der Waals surface area contributed by atoms with E-state index in [1.165, 1.54) is 6.26 Å². The number of anilines is 1. The summed E-state index contributed by atoms with van der Waals surface area (Å²) in [6.45, 7) is 6.00. The number of furan rings is 1. The van der Waals surface area contributed by atoms with Crippen LogP contribution in [0.3, 0.4) is 0 Å². The molecule has 6 nitrogen and oxygen atoms in total. The van der Waals surface area contributed by atoms with E-state index in [0.29, 0.717) is 34.1 Å². The van der Waals surface area contributed by atoms with Crippen LogP contribution in [0.2, 0.25) is 5.02 Å². The molecule has 2 aromatic rings. The van der Waals surface area contributed by atoms with Crippen LogP contribution in [-0.2, 0) is 0 Å². The maximum Gasteiger partial charge on any atom is 0.259 e. The van der Waals surface area contributed by atoms with Crippen molar-refractivity contribution in [3.63, 3.8) is 0 Å². The Bertz CT molecular complexity index is 797. The summed E-state index contributed by atoms with van der Waals surface area (Å²) in [4.78, 5) is 25.0. The van der Waals surface area contributed by atoms with Crippen LogP contribution in [0.4, 0.5) is 5.69 Å². The molecule has 0 unspecified atom stereocenters. The molecule has 0 saturated heterocycles. The zero-order chi connectivity index (χ0) is 19.3. The first-order valence-corrected chi connectivity index (χ1v) is 8.89. The van der Waals surface area contributed by atoms with Crippen molar-refractivity contribution in [2.75, 3.05) is 11.9 Å². The zero-order valence-electron chi connectivity index (χ0n) is 15.2. The first-order chi connectivity index (χ1) is 12.3. The molecule has 4 N–H and O–H groups in total. The minimum atomic E-state index is -0.459. The van der Waals surface area contributed by atoms with Crippen LogP contribution in [0.25, 0.3) is 0 Å². The number of nitrogens with one attached hydrogen (secondary N) is 2. The summed E-state index contributed by atoms with van der Waals surface area (Å²) in [5, 5.41) is 5.98. The molecule has 0 spiro atoms. The lowest BCUT2D eigenvalue weighted by atomic mass is 9.94. The monoisotopic (exact) mass is 377 g/mol. The molecule has 1 aromatic heterocycles. The third kappa shape index (κ3) is 4.65. The van der Waals surface area contributed by atoms with E-state index >= 15 is 0 Å². The standard InChI is InChI=1S/C19H24ClN3O3/c1-4-19(21,5-2)11-22-17(24)15-7-6-13(20)10-16(15)23-18(25)14-8-9-26-12(14)3/h6-10H,4-5,11,21H2,1-3H3,(H,22,24)(H,23,25). The highest BCUT2D eigenvalue weighted by Crippen LogP contribution is 2.23. The number of carbonyl (C=O) groups excluding carboxylic acids is 2. The highest BCUT2D eigenvalue weighted by molar-refractivity contribution is 6.31. The van der Waals surface area contributed by atoms with Gasteiger partial charge in [-0.15, -0.1) is 0 Å². The summed E-state index contributed by atoms with van der Waals surface area (Å²) in [6.07, 6.45) is 2.92. The molecule has 0 atom stereocenters. The molecule has 26 heavy (non-hydrogen) atoms. The van der Waals surface area contributed by atoms with Crippen molar-refractivity contribution in [3.05, 3.63) is 52.4 Å². The SMILES string of the molecule is CCC(N)(CC)CNC(=O)c1ccc(Cl)cc1NC(=O)c1ccoc1C. The van der Waals surface area contributed by atoms with Gasteiger partial charge in [0.25, 0.3) is 11.8 Å². The minimum absolute atomic E-state index is 0.318. The van der Waals surface area contributed by atoms with Gasteiger partial charge in [-0.05, 0) is 44.0 Å². The Hall–Kier alpha value is -2.31. The third-order valence-corrected chi connectivity index (χ3v) is 4.82. The Balaban J connectivity index is 2.20. The smallest absolute Gasteiger partial charge is 0.259 e. The summed E-state index contributed by atoms with van der Waals surface area (Å²) in [7, 11) is 0. The number of rotatable bonds is 7. The number of amides is 2. The van der Waals surface area contributed by atoms with Crippen LogP contribution >= 0.6 is 11.6 Å². The van der Waals surface area contributed by atoms with Gasteiger partial charge in [0.2, 0.25) is 0 Å². The molecule has 0 aliphatic carbocycles. The molecule has 2 rings (SSSR count). The fraction of sp³-hybridized carbons (Fsp3) is 0.368. The normalized spacial score (nSPS) is 11.3. The summed E-state index contributed by atoms with van der Waals surface area (Å²) in [6, 6.07) is 6.29. The van der Waals surface area contributed by atoms with Crippen molar-refractivity contribution >= 4 is 29.1 Å². The van der Waals surface area contributed by atoms with E-state index in [9.17, 15) is 9.59 Å². The van der Waals surface area contributed by atoms with Gasteiger partial charge in [0.1, 0.15) is 5.76 Å². The Labute approximate surface area is 158 Å². The molecule has 140 valence electrons. The molecule has 0 aliphatic heterocycles. The maximum atomic E-state index is 12.6. The molecule has 2 amide bonds. The Morgan fingerprint density at radius 3 is 2.42 bits per heavy atom. The van der Waals surface area contributed by atoms with Crippen molar-refractivity contribution in [1.82, 2.24) is 5.32 Å².